The predicted molar refractivity (Wildman–Crippen MR) is 52.1 cm³/mol. The standard InChI is InChI=1S/C7H11N3O.C2H6/c1-6-4-9-10(5-6)3-2-7(8)11;1-2/h4-5H,2-3H2,1H3,(H2,8,11);1-2H3. The first-order valence-electron chi connectivity index (χ1n) is 4.46. The van der Waals surface area contributed by atoms with Crippen LogP contribution in [0.15, 0.2) is 12.4 Å². The number of primary amides is 1. The van der Waals surface area contributed by atoms with Crippen molar-refractivity contribution >= 4 is 5.91 Å². The van der Waals surface area contributed by atoms with E-state index in [2.05, 4.69) is 5.10 Å². The van der Waals surface area contributed by atoms with Crippen molar-refractivity contribution in [3.05, 3.63) is 18.0 Å². The van der Waals surface area contributed by atoms with Gasteiger partial charge in [0.25, 0.3) is 0 Å². The molecule has 0 bridgehead atoms. The number of aromatic nitrogens is 2. The van der Waals surface area contributed by atoms with Gasteiger partial charge in [0.05, 0.1) is 6.20 Å². The van der Waals surface area contributed by atoms with E-state index in [4.69, 9.17) is 5.73 Å². The molecule has 4 heteroatoms. The summed E-state index contributed by atoms with van der Waals surface area (Å²) in [5.41, 5.74) is 6.06. The molecule has 4 nitrogen and oxygen atoms in total. The Hall–Kier alpha value is -1.32. The van der Waals surface area contributed by atoms with Crippen molar-refractivity contribution in [3.63, 3.8) is 0 Å². The number of nitrogens with zero attached hydrogens (tertiary/aromatic N) is 2. The molecule has 0 atom stereocenters. The van der Waals surface area contributed by atoms with E-state index in [0.717, 1.165) is 5.56 Å². The van der Waals surface area contributed by atoms with Gasteiger partial charge >= 0.3 is 0 Å². The number of aryl methyl sites for hydroxylation is 2. The molecule has 1 heterocycles. The third-order valence-electron chi connectivity index (χ3n) is 1.35. The topological polar surface area (TPSA) is 60.9 Å². The van der Waals surface area contributed by atoms with E-state index in [1.165, 1.54) is 0 Å². The van der Waals surface area contributed by atoms with Gasteiger partial charge in [-0.05, 0) is 12.5 Å². The molecule has 0 saturated carbocycles. The van der Waals surface area contributed by atoms with Crippen molar-refractivity contribution in [2.45, 2.75) is 33.7 Å². The van der Waals surface area contributed by atoms with Crippen LogP contribution in [0, 0.1) is 6.92 Å². The zero-order chi connectivity index (χ0) is 10.3. The maximum Gasteiger partial charge on any atom is 0.219 e. The van der Waals surface area contributed by atoms with E-state index in [1.807, 2.05) is 27.0 Å². The average Bonchev–Trinajstić information content (AvgIpc) is 2.52. The van der Waals surface area contributed by atoms with Crippen LogP contribution < -0.4 is 5.73 Å². The van der Waals surface area contributed by atoms with E-state index in [0.29, 0.717) is 13.0 Å². The highest BCUT2D eigenvalue weighted by atomic mass is 16.1. The Morgan fingerprint density at radius 3 is 2.62 bits per heavy atom. The Morgan fingerprint density at radius 2 is 2.23 bits per heavy atom. The highest BCUT2D eigenvalue weighted by Gasteiger charge is 1.96. The van der Waals surface area contributed by atoms with Crippen molar-refractivity contribution in [2.24, 2.45) is 5.73 Å². The molecule has 74 valence electrons. The van der Waals surface area contributed by atoms with Gasteiger partial charge in [-0.3, -0.25) is 9.48 Å². The van der Waals surface area contributed by atoms with Crippen LogP contribution in [0.4, 0.5) is 0 Å². The number of hydrogen-bond acceptors (Lipinski definition) is 2. The second-order valence-corrected chi connectivity index (χ2v) is 2.50. The van der Waals surface area contributed by atoms with Crippen molar-refractivity contribution < 1.29 is 4.79 Å². The van der Waals surface area contributed by atoms with Crippen molar-refractivity contribution in [1.29, 1.82) is 0 Å². The third-order valence-corrected chi connectivity index (χ3v) is 1.35. The van der Waals surface area contributed by atoms with Gasteiger partial charge < -0.3 is 5.73 Å². The van der Waals surface area contributed by atoms with Crippen molar-refractivity contribution in [2.75, 3.05) is 0 Å². The molecule has 1 aromatic rings. The quantitative estimate of drug-likeness (QED) is 0.762. The molecular weight excluding hydrogens is 166 g/mol. The Labute approximate surface area is 78.7 Å². The van der Waals surface area contributed by atoms with E-state index in [1.54, 1.807) is 10.9 Å². The van der Waals surface area contributed by atoms with Crippen LogP contribution in [0.3, 0.4) is 0 Å². The van der Waals surface area contributed by atoms with E-state index in [-0.39, 0.29) is 5.91 Å². The minimum absolute atomic E-state index is 0.293. The number of amides is 1. The maximum absolute atomic E-state index is 10.4. The predicted octanol–water partition coefficient (Wildman–Crippen LogP) is 1.09. The molecule has 0 unspecified atom stereocenters. The number of rotatable bonds is 3. The molecule has 0 fully saturated rings. The Bertz CT molecular complexity index is 255. The summed E-state index contributed by atoms with van der Waals surface area (Å²) in [6.45, 7) is 6.52. The van der Waals surface area contributed by atoms with Gasteiger partial charge in [-0.25, -0.2) is 0 Å². The summed E-state index contributed by atoms with van der Waals surface area (Å²) in [6, 6.07) is 0. The molecule has 13 heavy (non-hydrogen) atoms. The van der Waals surface area contributed by atoms with Crippen LogP contribution in [-0.2, 0) is 11.3 Å². The fourth-order valence-electron chi connectivity index (χ4n) is 0.814. The van der Waals surface area contributed by atoms with Crippen LogP contribution in [0.25, 0.3) is 0 Å². The van der Waals surface area contributed by atoms with E-state index in [9.17, 15) is 4.79 Å². The van der Waals surface area contributed by atoms with Gasteiger partial charge in [0.2, 0.25) is 5.91 Å². The van der Waals surface area contributed by atoms with E-state index < -0.39 is 0 Å². The first-order chi connectivity index (χ1) is 6.18. The van der Waals surface area contributed by atoms with Gasteiger partial charge in [0, 0.05) is 19.2 Å². The van der Waals surface area contributed by atoms with Crippen molar-refractivity contribution in [3.8, 4) is 0 Å². The Kier molecular flexibility index (Phi) is 5.59. The molecule has 0 aromatic carbocycles. The number of carbonyl (C=O) groups is 1. The first kappa shape index (κ1) is 11.7. The molecule has 1 amide bonds. The molecule has 0 saturated heterocycles. The SMILES string of the molecule is CC.Cc1cnn(CCC(N)=O)c1. The van der Waals surface area contributed by atoms with Crippen LogP contribution in [0.1, 0.15) is 25.8 Å². The summed E-state index contributed by atoms with van der Waals surface area (Å²) in [5, 5.41) is 4.00. The second kappa shape index (κ2) is 6.22. The molecule has 0 aliphatic carbocycles. The molecule has 0 spiro atoms. The van der Waals surface area contributed by atoms with Gasteiger partial charge in [0.15, 0.2) is 0 Å². The highest BCUT2D eigenvalue weighted by Crippen LogP contribution is 1.94. The number of carbonyl (C=O) groups excluding carboxylic acids is 1. The lowest BCUT2D eigenvalue weighted by molar-refractivity contribution is -0.118. The first-order valence-corrected chi connectivity index (χ1v) is 4.46. The summed E-state index contributed by atoms with van der Waals surface area (Å²) in [4.78, 5) is 10.4. The summed E-state index contributed by atoms with van der Waals surface area (Å²) in [5.74, 6) is -0.293. The molecule has 0 aliphatic rings. The summed E-state index contributed by atoms with van der Waals surface area (Å²) in [7, 11) is 0. The Balaban J connectivity index is 0.000000671. The number of nitrogens with two attached hydrogens (primary N) is 1. The summed E-state index contributed by atoms with van der Waals surface area (Å²) < 4.78 is 1.71. The lowest BCUT2D eigenvalue weighted by Gasteiger charge is -1.95. The van der Waals surface area contributed by atoms with Crippen LogP contribution in [0.2, 0.25) is 0 Å². The lowest BCUT2D eigenvalue weighted by atomic mass is 10.4. The highest BCUT2D eigenvalue weighted by molar-refractivity contribution is 5.73. The fourth-order valence-corrected chi connectivity index (χ4v) is 0.814. The molecule has 0 radical (unpaired) electrons. The zero-order valence-electron chi connectivity index (χ0n) is 8.45. The summed E-state index contributed by atoms with van der Waals surface area (Å²) >= 11 is 0. The normalized spacial score (nSPS) is 8.85. The largest absolute Gasteiger partial charge is 0.370 e. The summed E-state index contributed by atoms with van der Waals surface area (Å²) in [6.07, 6.45) is 3.98. The monoisotopic (exact) mass is 183 g/mol. The smallest absolute Gasteiger partial charge is 0.219 e. The molecular formula is C9H17N3O. The molecule has 1 rings (SSSR count). The van der Waals surface area contributed by atoms with Gasteiger partial charge in [0.1, 0.15) is 0 Å². The lowest BCUT2D eigenvalue weighted by Crippen LogP contribution is -2.13. The zero-order valence-corrected chi connectivity index (χ0v) is 8.45. The fraction of sp³-hybridized carbons (Fsp3) is 0.556. The maximum atomic E-state index is 10.4. The molecule has 2 N–H and O–H groups in total. The van der Waals surface area contributed by atoms with E-state index >= 15 is 0 Å². The van der Waals surface area contributed by atoms with Crippen LogP contribution in [0.5, 0.6) is 0 Å². The van der Waals surface area contributed by atoms with Gasteiger partial charge in [-0.15, -0.1) is 0 Å². The second-order valence-electron chi connectivity index (χ2n) is 2.50. The van der Waals surface area contributed by atoms with Crippen LogP contribution in [-0.4, -0.2) is 15.7 Å². The minimum atomic E-state index is -0.293. The molecule has 0 aliphatic heterocycles. The Morgan fingerprint density at radius 1 is 1.62 bits per heavy atom. The average molecular weight is 183 g/mol. The minimum Gasteiger partial charge on any atom is -0.370 e. The van der Waals surface area contributed by atoms with Crippen LogP contribution >= 0.6 is 0 Å². The number of hydrogen-bond donors (Lipinski definition) is 1. The van der Waals surface area contributed by atoms with Gasteiger partial charge in [-0.2, -0.15) is 5.10 Å². The van der Waals surface area contributed by atoms with Crippen molar-refractivity contribution in [1.82, 2.24) is 9.78 Å². The molecule has 1 aromatic heterocycles. The van der Waals surface area contributed by atoms with Gasteiger partial charge in [-0.1, -0.05) is 13.8 Å². The third kappa shape index (κ3) is 5.00.